The molecule has 1 atom stereocenters. The van der Waals surface area contributed by atoms with Gasteiger partial charge >= 0.3 is 6.18 Å². The molecule has 0 aliphatic carbocycles. The zero-order valence-electron chi connectivity index (χ0n) is 10.4. The predicted octanol–water partition coefficient (Wildman–Crippen LogP) is 5.59. The Morgan fingerprint density at radius 2 is 1.94 bits per heavy atom. The van der Waals surface area contributed by atoms with Gasteiger partial charge in [0.05, 0.1) is 5.56 Å². The van der Waals surface area contributed by atoms with E-state index >= 15 is 0 Å². The van der Waals surface area contributed by atoms with Crippen LogP contribution in [-0.2, 0) is 12.6 Å². The summed E-state index contributed by atoms with van der Waals surface area (Å²) in [4.78, 5) is 0.480. The molecule has 102 valence electrons. The third-order valence-electron chi connectivity index (χ3n) is 2.84. The van der Waals surface area contributed by atoms with Crippen LogP contribution in [0.5, 0.6) is 0 Å². The molecule has 1 aromatic carbocycles. The smallest absolute Gasteiger partial charge is 0.166 e. The van der Waals surface area contributed by atoms with Crippen molar-refractivity contribution in [1.29, 1.82) is 0 Å². The van der Waals surface area contributed by atoms with E-state index in [2.05, 4.69) is 22.9 Å². The van der Waals surface area contributed by atoms with Crippen molar-refractivity contribution >= 4 is 15.9 Å². The van der Waals surface area contributed by atoms with E-state index in [0.717, 1.165) is 37.3 Å². The first kappa shape index (κ1) is 15.5. The third kappa shape index (κ3) is 5.42. The lowest BCUT2D eigenvalue weighted by Gasteiger charge is -2.10. The van der Waals surface area contributed by atoms with Crippen LogP contribution in [0.4, 0.5) is 13.2 Å². The summed E-state index contributed by atoms with van der Waals surface area (Å²) in [7, 11) is 0. The Morgan fingerprint density at radius 1 is 1.22 bits per heavy atom. The molecule has 0 amide bonds. The minimum atomic E-state index is -4.24. The number of alkyl halides is 4. The van der Waals surface area contributed by atoms with Gasteiger partial charge in [-0.2, -0.15) is 13.2 Å². The lowest BCUT2D eigenvalue weighted by Crippen LogP contribution is -2.05. The van der Waals surface area contributed by atoms with Crippen molar-refractivity contribution in [2.75, 3.05) is 0 Å². The monoisotopic (exact) mass is 322 g/mol. The standard InChI is InChI=1S/C14H18BrF3/c1-2-5-13(15)9-4-7-11-6-3-8-12(10-11)14(16,17)18/h3,6,8,10,13H,2,4-5,7,9H2,1H3. The summed E-state index contributed by atoms with van der Waals surface area (Å²) in [5.74, 6) is 0. The molecule has 0 saturated carbocycles. The summed E-state index contributed by atoms with van der Waals surface area (Å²) in [6.45, 7) is 2.13. The topological polar surface area (TPSA) is 0 Å². The maximum Gasteiger partial charge on any atom is 0.416 e. The van der Waals surface area contributed by atoms with Crippen LogP contribution in [0.25, 0.3) is 0 Å². The molecule has 0 heterocycles. The molecule has 0 N–H and O–H groups in total. The molecule has 0 nitrogen and oxygen atoms in total. The van der Waals surface area contributed by atoms with Crippen molar-refractivity contribution in [3.05, 3.63) is 35.4 Å². The highest BCUT2D eigenvalue weighted by atomic mass is 79.9. The van der Waals surface area contributed by atoms with E-state index < -0.39 is 11.7 Å². The third-order valence-corrected chi connectivity index (χ3v) is 3.75. The average Bonchev–Trinajstić information content (AvgIpc) is 2.29. The summed E-state index contributed by atoms with van der Waals surface area (Å²) in [6.07, 6.45) is 0.620. The van der Waals surface area contributed by atoms with E-state index in [1.54, 1.807) is 6.07 Å². The van der Waals surface area contributed by atoms with Crippen LogP contribution in [0.1, 0.15) is 43.7 Å². The van der Waals surface area contributed by atoms with Gasteiger partial charge in [0.15, 0.2) is 0 Å². The molecule has 1 rings (SSSR count). The number of hydrogen-bond acceptors (Lipinski definition) is 0. The highest BCUT2D eigenvalue weighted by Crippen LogP contribution is 2.29. The first-order chi connectivity index (χ1) is 8.43. The summed E-state index contributed by atoms with van der Waals surface area (Å²) >= 11 is 3.58. The van der Waals surface area contributed by atoms with Crippen LogP contribution in [0.3, 0.4) is 0 Å². The lowest BCUT2D eigenvalue weighted by atomic mass is 10.0. The first-order valence-corrected chi connectivity index (χ1v) is 7.15. The average molecular weight is 323 g/mol. The van der Waals surface area contributed by atoms with Gasteiger partial charge in [-0.05, 0) is 37.3 Å². The largest absolute Gasteiger partial charge is 0.416 e. The number of halogens is 4. The highest BCUT2D eigenvalue weighted by molar-refractivity contribution is 9.09. The second-order valence-electron chi connectivity index (χ2n) is 4.48. The predicted molar refractivity (Wildman–Crippen MR) is 72.0 cm³/mol. The quantitative estimate of drug-likeness (QED) is 0.599. The number of benzene rings is 1. The Kier molecular flexibility index (Phi) is 6.19. The van der Waals surface area contributed by atoms with Crippen LogP contribution in [0.2, 0.25) is 0 Å². The van der Waals surface area contributed by atoms with Crippen molar-refractivity contribution in [2.24, 2.45) is 0 Å². The van der Waals surface area contributed by atoms with E-state index in [-0.39, 0.29) is 0 Å². The Hall–Kier alpha value is -0.510. The number of aryl methyl sites for hydroxylation is 1. The minimum Gasteiger partial charge on any atom is -0.166 e. The number of rotatable bonds is 6. The zero-order valence-corrected chi connectivity index (χ0v) is 12.0. The summed E-state index contributed by atoms with van der Waals surface area (Å²) in [5, 5.41) is 0. The van der Waals surface area contributed by atoms with Crippen LogP contribution in [0, 0.1) is 0 Å². The molecule has 18 heavy (non-hydrogen) atoms. The molecular weight excluding hydrogens is 305 g/mol. The Balaban J connectivity index is 2.48. The van der Waals surface area contributed by atoms with Gasteiger partial charge in [-0.25, -0.2) is 0 Å². The molecule has 4 heteroatoms. The van der Waals surface area contributed by atoms with Gasteiger partial charge in [-0.1, -0.05) is 47.5 Å². The maximum atomic E-state index is 12.5. The number of hydrogen-bond donors (Lipinski definition) is 0. The van der Waals surface area contributed by atoms with Gasteiger partial charge in [0, 0.05) is 4.83 Å². The molecule has 0 bridgehead atoms. The fraction of sp³-hybridized carbons (Fsp3) is 0.571. The van der Waals surface area contributed by atoms with E-state index in [4.69, 9.17) is 0 Å². The fourth-order valence-electron chi connectivity index (χ4n) is 1.89. The molecule has 0 fully saturated rings. The van der Waals surface area contributed by atoms with Crippen molar-refractivity contribution in [3.8, 4) is 0 Å². The maximum absolute atomic E-state index is 12.5. The van der Waals surface area contributed by atoms with Crippen molar-refractivity contribution in [3.63, 3.8) is 0 Å². The minimum absolute atomic E-state index is 0.480. The Morgan fingerprint density at radius 3 is 2.56 bits per heavy atom. The van der Waals surface area contributed by atoms with E-state index in [0.29, 0.717) is 11.2 Å². The summed E-state index contributed by atoms with van der Waals surface area (Å²) in [6, 6.07) is 5.62. The van der Waals surface area contributed by atoms with Gasteiger partial charge in [0.25, 0.3) is 0 Å². The van der Waals surface area contributed by atoms with Crippen molar-refractivity contribution in [2.45, 2.75) is 50.0 Å². The Labute approximate surface area is 115 Å². The fourth-order valence-corrected chi connectivity index (χ4v) is 2.67. The molecule has 1 unspecified atom stereocenters. The molecular formula is C14H18BrF3. The normalized spacial score (nSPS) is 13.6. The van der Waals surface area contributed by atoms with Crippen LogP contribution in [-0.4, -0.2) is 4.83 Å². The van der Waals surface area contributed by atoms with Gasteiger partial charge in [-0.15, -0.1) is 0 Å². The van der Waals surface area contributed by atoms with Gasteiger partial charge in [-0.3, -0.25) is 0 Å². The molecule has 0 aromatic heterocycles. The molecule has 0 aliphatic heterocycles. The lowest BCUT2D eigenvalue weighted by molar-refractivity contribution is -0.137. The van der Waals surface area contributed by atoms with Crippen LogP contribution >= 0.6 is 15.9 Å². The van der Waals surface area contributed by atoms with Crippen LogP contribution in [0.15, 0.2) is 24.3 Å². The molecule has 0 radical (unpaired) electrons. The highest BCUT2D eigenvalue weighted by Gasteiger charge is 2.30. The molecule has 0 aliphatic rings. The van der Waals surface area contributed by atoms with Crippen molar-refractivity contribution in [1.82, 2.24) is 0 Å². The van der Waals surface area contributed by atoms with Gasteiger partial charge in [0.2, 0.25) is 0 Å². The molecule has 0 spiro atoms. The van der Waals surface area contributed by atoms with Crippen LogP contribution < -0.4 is 0 Å². The zero-order chi connectivity index (χ0) is 13.6. The summed E-state index contributed by atoms with van der Waals surface area (Å²) < 4.78 is 37.5. The Bertz CT molecular complexity index is 360. The summed E-state index contributed by atoms with van der Waals surface area (Å²) in [5.41, 5.74) is 0.213. The van der Waals surface area contributed by atoms with Crippen molar-refractivity contribution < 1.29 is 13.2 Å². The van der Waals surface area contributed by atoms with E-state index in [1.807, 2.05) is 0 Å². The van der Waals surface area contributed by atoms with Gasteiger partial charge in [0.1, 0.15) is 0 Å². The molecule has 0 saturated heterocycles. The van der Waals surface area contributed by atoms with Gasteiger partial charge < -0.3 is 0 Å². The SMILES string of the molecule is CCCC(Br)CCCc1cccc(C(F)(F)F)c1. The second kappa shape index (κ2) is 7.17. The van der Waals surface area contributed by atoms with E-state index in [9.17, 15) is 13.2 Å². The van der Waals surface area contributed by atoms with E-state index in [1.165, 1.54) is 12.1 Å². The first-order valence-electron chi connectivity index (χ1n) is 6.23. The molecule has 1 aromatic rings. The second-order valence-corrected chi connectivity index (χ2v) is 5.77.